The van der Waals surface area contributed by atoms with Gasteiger partial charge in [0.2, 0.25) is 6.08 Å². The van der Waals surface area contributed by atoms with E-state index in [1.54, 1.807) is 12.1 Å². The smallest absolute Gasteiger partial charge is 0.235 e. The zero-order valence-electron chi connectivity index (χ0n) is 7.37. The van der Waals surface area contributed by atoms with Gasteiger partial charge in [-0.05, 0) is 11.6 Å². The lowest BCUT2D eigenvalue weighted by Crippen LogP contribution is -2.16. The van der Waals surface area contributed by atoms with Crippen molar-refractivity contribution in [3.63, 3.8) is 0 Å². The summed E-state index contributed by atoms with van der Waals surface area (Å²) in [5.41, 5.74) is 1.21. The predicted octanol–water partition coefficient (Wildman–Crippen LogP) is 1.73. The number of aliphatic imine (C=N–C) groups is 1. The van der Waals surface area contributed by atoms with E-state index in [1.165, 1.54) is 12.1 Å². The van der Waals surface area contributed by atoms with Crippen molar-refractivity contribution in [1.82, 2.24) is 0 Å². The fourth-order valence-electron chi connectivity index (χ4n) is 1.57. The van der Waals surface area contributed by atoms with Gasteiger partial charge in [0.1, 0.15) is 11.9 Å². The molecule has 0 saturated heterocycles. The summed E-state index contributed by atoms with van der Waals surface area (Å²) in [6.07, 6.45) is 1.47. The molecule has 1 heterocycles. The molecular weight excluding hydrogens is 185 g/mol. The summed E-state index contributed by atoms with van der Waals surface area (Å²) < 4.78 is 18.4. The summed E-state index contributed by atoms with van der Waals surface area (Å²) in [6, 6.07) is 4.32. The number of benzene rings is 1. The van der Waals surface area contributed by atoms with Gasteiger partial charge in [-0.2, -0.15) is 4.99 Å². The predicted molar refractivity (Wildman–Crippen MR) is 46.9 cm³/mol. The Hall–Kier alpha value is -1.51. The Bertz CT molecular complexity index is 399. The molecule has 1 aliphatic rings. The monoisotopic (exact) mass is 193 g/mol. The first-order valence-corrected chi connectivity index (χ1v) is 4.25. The minimum absolute atomic E-state index is 0.243. The van der Waals surface area contributed by atoms with E-state index in [2.05, 4.69) is 4.99 Å². The molecular formula is C10H8FNO2. The molecule has 0 amide bonds. The summed E-state index contributed by atoms with van der Waals surface area (Å²) in [5.74, 6) is -0.312. The molecule has 0 radical (unpaired) electrons. The molecule has 0 spiro atoms. The molecule has 0 bridgehead atoms. The molecule has 2 rings (SSSR count). The third kappa shape index (κ3) is 1.45. The van der Waals surface area contributed by atoms with Crippen LogP contribution in [0.2, 0.25) is 0 Å². The van der Waals surface area contributed by atoms with Crippen molar-refractivity contribution in [2.75, 3.05) is 6.61 Å². The van der Waals surface area contributed by atoms with Gasteiger partial charge < -0.3 is 4.74 Å². The van der Waals surface area contributed by atoms with E-state index in [0.717, 1.165) is 5.56 Å². The van der Waals surface area contributed by atoms with Crippen molar-refractivity contribution in [3.8, 4) is 0 Å². The van der Waals surface area contributed by atoms with Gasteiger partial charge in [-0.15, -0.1) is 0 Å². The highest BCUT2D eigenvalue weighted by Crippen LogP contribution is 2.28. The van der Waals surface area contributed by atoms with E-state index in [-0.39, 0.29) is 12.4 Å². The molecule has 3 nitrogen and oxygen atoms in total. The third-order valence-corrected chi connectivity index (χ3v) is 2.24. The van der Waals surface area contributed by atoms with Crippen LogP contribution in [0.15, 0.2) is 23.2 Å². The van der Waals surface area contributed by atoms with Crippen molar-refractivity contribution < 1.29 is 13.9 Å². The average molecular weight is 193 g/mol. The van der Waals surface area contributed by atoms with Gasteiger partial charge in [0.15, 0.2) is 0 Å². The van der Waals surface area contributed by atoms with Crippen molar-refractivity contribution in [3.05, 3.63) is 35.1 Å². The Morgan fingerprint density at radius 3 is 3.21 bits per heavy atom. The van der Waals surface area contributed by atoms with Gasteiger partial charge >= 0.3 is 0 Å². The Labute approximate surface area is 80.2 Å². The fraction of sp³-hybridized carbons (Fsp3) is 0.300. The largest absolute Gasteiger partial charge is 0.374 e. The van der Waals surface area contributed by atoms with E-state index >= 15 is 0 Å². The molecule has 1 atom stereocenters. The summed E-state index contributed by atoms with van der Waals surface area (Å²) >= 11 is 0. The van der Waals surface area contributed by atoms with Gasteiger partial charge in [0.25, 0.3) is 0 Å². The number of hydrogen-bond acceptors (Lipinski definition) is 3. The number of nitrogens with zero attached hydrogens (tertiary/aromatic N) is 1. The van der Waals surface area contributed by atoms with Crippen LogP contribution in [0, 0.1) is 5.82 Å². The number of ether oxygens (including phenoxy) is 1. The van der Waals surface area contributed by atoms with Crippen LogP contribution in [0.1, 0.15) is 17.2 Å². The maximum atomic E-state index is 13.3. The number of halogens is 1. The molecule has 72 valence electrons. The van der Waals surface area contributed by atoms with Gasteiger partial charge in [0, 0.05) is 5.56 Å². The van der Waals surface area contributed by atoms with Gasteiger partial charge in [0.05, 0.1) is 13.2 Å². The van der Waals surface area contributed by atoms with Crippen LogP contribution in [0.5, 0.6) is 0 Å². The van der Waals surface area contributed by atoms with E-state index in [0.29, 0.717) is 12.2 Å². The minimum atomic E-state index is -0.410. The number of fused-ring (bicyclic) bond motifs is 1. The third-order valence-electron chi connectivity index (χ3n) is 2.24. The summed E-state index contributed by atoms with van der Waals surface area (Å²) in [7, 11) is 0. The van der Waals surface area contributed by atoms with Crippen molar-refractivity contribution in [2.45, 2.75) is 12.6 Å². The Kier molecular flexibility index (Phi) is 2.39. The number of rotatable bonds is 1. The van der Waals surface area contributed by atoms with Crippen molar-refractivity contribution in [2.24, 2.45) is 4.99 Å². The SMILES string of the molecule is O=C=NC1COCc2c(F)cccc21. The Balaban J connectivity index is 2.49. The first kappa shape index (κ1) is 9.06. The molecule has 1 aromatic rings. The van der Waals surface area contributed by atoms with E-state index in [9.17, 15) is 9.18 Å². The highest BCUT2D eigenvalue weighted by Gasteiger charge is 2.22. The molecule has 0 saturated carbocycles. The molecule has 0 aliphatic carbocycles. The molecule has 0 fully saturated rings. The quantitative estimate of drug-likeness (QED) is 0.503. The molecule has 4 heteroatoms. The van der Waals surface area contributed by atoms with Crippen LogP contribution in [-0.4, -0.2) is 12.7 Å². The lowest BCUT2D eigenvalue weighted by Gasteiger charge is -2.21. The Morgan fingerprint density at radius 1 is 1.57 bits per heavy atom. The summed E-state index contributed by atoms with van der Waals surface area (Å²) in [5, 5.41) is 0. The standard InChI is InChI=1S/C10H8FNO2/c11-9-3-1-2-7-8(9)4-14-5-10(7)12-6-13/h1-3,10H,4-5H2. The zero-order valence-corrected chi connectivity index (χ0v) is 7.37. The number of isocyanates is 1. The first-order valence-electron chi connectivity index (χ1n) is 4.25. The van der Waals surface area contributed by atoms with E-state index in [1.807, 2.05) is 0 Å². The molecule has 1 unspecified atom stereocenters. The lowest BCUT2D eigenvalue weighted by molar-refractivity contribution is 0.0901. The second-order valence-electron chi connectivity index (χ2n) is 3.06. The molecule has 1 aliphatic heterocycles. The summed E-state index contributed by atoms with van der Waals surface area (Å²) in [4.78, 5) is 13.7. The average Bonchev–Trinajstić information content (AvgIpc) is 2.20. The van der Waals surface area contributed by atoms with Crippen LogP contribution in [0.4, 0.5) is 4.39 Å². The second-order valence-corrected chi connectivity index (χ2v) is 3.06. The highest BCUT2D eigenvalue weighted by atomic mass is 19.1. The molecule has 1 aromatic carbocycles. The van der Waals surface area contributed by atoms with Gasteiger partial charge in [-0.1, -0.05) is 12.1 Å². The highest BCUT2D eigenvalue weighted by molar-refractivity contribution is 5.38. The zero-order chi connectivity index (χ0) is 9.97. The van der Waals surface area contributed by atoms with Crippen LogP contribution in [0.3, 0.4) is 0 Å². The fourth-order valence-corrected chi connectivity index (χ4v) is 1.57. The molecule has 14 heavy (non-hydrogen) atoms. The maximum Gasteiger partial charge on any atom is 0.235 e. The van der Waals surface area contributed by atoms with Crippen LogP contribution >= 0.6 is 0 Å². The molecule has 0 N–H and O–H groups in total. The van der Waals surface area contributed by atoms with Crippen LogP contribution in [-0.2, 0) is 16.1 Å². The van der Waals surface area contributed by atoms with E-state index in [4.69, 9.17) is 4.74 Å². The van der Waals surface area contributed by atoms with E-state index < -0.39 is 6.04 Å². The lowest BCUT2D eigenvalue weighted by atomic mass is 9.99. The van der Waals surface area contributed by atoms with Crippen LogP contribution < -0.4 is 0 Å². The summed E-state index contributed by atoms with van der Waals surface area (Å²) in [6.45, 7) is 0.554. The number of carbonyl (C=O) groups excluding carboxylic acids is 1. The first-order chi connectivity index (χ1) is 6.83. The van der Waals surface area contributed by atoms with Crippen molar-refractivity contribution >= 4 is 6.08 Å². The second kappa shape index (κ2) is 3.70. The number of hydrogen-bond donors (Lipinski definition) is 0. The normalized spacial score (nSPS) is 19.6. The maximum absolute atomic E-state index is 13.3. The Morgan fingerprint density at radius 2 is 2.43 bits per heavy atom. The van der Waals surface area contributed by atoms with Gasteiger partial charge in [-0.3, -0.25) is 0 Å². The van der Waals surface area contributed by atoms with Crippen molar-refractivity contribution in [1.29, 1.82) is 0 Å². The minimum Gasteiger partial charge on any atom is -0.374 e. The molecule has 0 aromatic heterocycles. The topological polar surface area (TPSA) is 38.7 Å². The van der Waals surface area contributed by atoms with Crippen LogP contribution in [0.25, 0.3) is 0 Å². The van der Waals surface area contributed by atoms with Gasteiger partial charge in [-0.25, -0.2) is 9.18 Å².